The highest BCUT2D eigenvalue weighted by atomic mass is 35.5. The lowest BCUT2D eigenvalue weighted by molar-refractivity contribution is 0.102. The Bertz CT molecular complexity index is 582. The average Bonchev–Trinajstić information content (AvgIpc) is 2.69. The van der Waals surface area contributed by atoms with E-state index in [0.29, 0.717) is 22.0 Å². The van der Waals surface area contributed by atoms with E-state index in [4.69, 9.17) is 16.1 Å². The predicted molar refractivity (Wildman–Crippen MR) is 70.1 cm³/mol. The normalized spacial score (nSPS) is 10.4. The lowest BCUT2D eigenvalue weighted by atomic mass is 10.1. The van der Waals surface area contributed by atoms with Gasteiger partial charge in [0.15, 0.2) is 0 Å². The van der Waals surface area contributed by atoms with Gasteiger partial charge in [0.1, 0.15) is 11.3 Å². The second-order valence-corrected chi connectivity index (χ2v) is 4.60. The molecule has 1 aromatic carbocycles. The van der Waals surface area contributed by atoms with Crippen LogP contribution in [0.4, 0.5) is 5.69 Å². The molecule has 5 heteroatoms. The van der Waals surface area contributed by atoms with E-state index in [1.807, 2.05) is 26.0 Å². The Hall–Kier alpha value is -1.81. The predicted octanol–water partition coefficient (Wildman–Crippen LogP) is 3.51. The maximum atomic E-state index is 12.0. The van der Waals surface area contributed by atoms with Crippen LogP contribution < -0.4 is 5.32 Å². The molecule has 0 aliphatic carbocycles. The van der Waals surface area contributed by atoms with Crippen molar-refractivity contribution in [2.24, 2.45) is 0 Å². The Morgan fingerprint density at radius 3 is 2.61 bits per heavy atom. The van der Waals surface area contributed by atoms with Gasteiger partial charge in [-0.2, -0.15) is 0 Å². The zero-order valence-corrected chi connectivity index (χ0v) is 11.1. The highest BCUT2D eigenvalue weighted by Crippen LogP contribution is 2.27. The lowest BCUT2D eigenvalue weighted by Gasteiger charge is -2.10. The van der Waals surface area contributed by atoms with Crippen LogP contribution in [0.3, 0.4) is 0 Å². The van der Waals surface area contributed by atoms with Gasteiger partial charge < -0.3 is 9.84 Å². The Morgan fingerprint density at radius 2 is 2.06 bits per heavy atom. The van der Waals surface area contributed by atoms with E-state index in [1.54, 1.807) is 6.92 Å². The summed E-state index contributed by atoms with van der Waals surface area (Å²) in [5.41, 5.74) is 3.00. The summed E-state index contributed by atoms with van der Waals surface area (Å²) in [4.78, 5) is 12.0. The third-order valence-corrected chi connectivity index (χ3v) is 2.96. The number of rotatable bonds is 2. The third kappa shape index (κ3) is 2.38. The summed E-state index contributed by atoms with van der Waals surface area (Å²) in [5, 5.41) is 6.88. The number of nitrogens with one attached hydrogen (secondary N) is 1. The molecule has 94 valence electrons. The summed E-state index contributed by atoms with van der Waals surface area (Å²) in [6.45, 7) is 5.54. The molecule has 18 heavy (non-hydrogen) atoms. The van der Waals surface area contributed by atoms with Gasteiger partial charge in [0.25, 0.3) is 5.91 Å². The topological polar surface area (TPSA) is 55.1 Å². The van der Waals surface area contributed by atoms with Crippen molar-refractivity contribution >= 4 is 23.2 Å². The zero-order chi connectivity index (χ0) is 13.3. The second kappa shape index (κ2) is 4.82. The van der Waals surface area contributed by atoms with E-state index in [-0.39, 0.29) is 5.91 Å². The molecule has 1 N–H and O–H groups in total. The van der Waals surface area contributed by atoms with Gasteiger partial charge in [-0.25, -0.2) is 0 Å². The number of aromatic nitrogens is 1. The van der Waals surface area contributed by atoms with Crippen LogP contribution in [0.25, 0.3) is 0 Å². The van der Waals surface area contributed by atoms with Crippen molar-refractivity contribution < 1.29 is 9.32 Å². The largest absolute Gasteiger partial charge is 0.361 e. The molecule has 0 unspecified atom stereocenters. The van der Waals surface area contributed by atoms with Gasteiger partial charge in [0.05, 0.1) is 16.9 Å². The summed E-state index contributed by atoms with van der Waals surface area (Å²) in [6.07, 6.45) is 1.39. The smallest absolute Gasteiger partial charge is 0.260 e. The van der Waals surface area contributed by atoms with Crippen LogP contribution in [0.15, 0.2) is 22.9 Å². The third-order valence-electron chi connectivity index (χ3n) is 2.67. The number of aryl methyl sites for hydroxylation is 3. The molecule has 0 spiro atoms. The monoisotopic (exact) mass is 264 g/mol. The summed E-state index contributed by atoms with van der Waals surface area (Å²) in [7, 11) is 0. The quantitative estimate of drug-likeness (QED) is 0.903. The molecule has 0 fully saturated rings. The van der Waals surface area contributed by atoms with Crippen molar-refractivity contribution in [1.29, 1.82) is 0 Å². The Labute approximate surface area is 110 Å². The molecule has 4 nitrogen and oxygen atoms in total. The number of amides is 1. The number of nitrogens with zero attached hydrogens (tertiary/aromatic N) is 1. The summed E-state index contributed by atoms with van der Waals surface area (Å²) in [6, 6.07) is 3.77. The first-order valence-electron chi connectivity index (χ1n) is 5.48. The molecule has 0 saturated heterocycles. The van der Waals surface area contributed by atoms with Crippen LogP contribution in [0.2, 0.25) is 5.02 Å². The summed E-state index contributed by atoms with van der Waals surface area (Å²) in [5.74, 6) is 0.205. The molecule has 1 amide bonds. The first-order valence-corrected chi connectivity index (χ1v) is 5.86. The van der Waals surface area contributed by atoms with Crippen LogP contribution >= 0.6 is 11.6 Å². The molecule has 2 aromatic rings. The second-order valence-electron chi connectivity index (χ2n) is 4.19. The fourth-order valence-electron chi connectivity index (χ4n) is 1.77. The lowest BCUT2D eigenvalue weighted by Crippen LogP contribution is -2.13. The van der Waals surface area contributed by atoms with Gasteiger partial charge in [-0.3, -0.25) is 4.79 Å². The Kier molecular flexibility index (Phi) is 3.39. The summed E-state index contributed by atoms with van der Waals surface area (Å²) >= 11 is 6.13. The minimum Gasteiger partial charge on any atom is -0.361 e. The van der Waals surface area contributed by atoms with Gasteiger partial charge in [-0.1, -0.05) is 22.8 Å². The van der Waals surface area contributed by atoms with Gasteiger partial charge in [-0.05, 0) is 38.0 Å². The molecule has 1 aromatic heterocycles. The van der Waals surface area contributed by atoms with Gasteiger partial charge in [-0.15, -0.1) is 0 Å². The minimum atomic E-state index is -0.275. The number of carbonyl (C=O) groups excluding carboxylic acids is 1. The minimum absolute atomic E-state index is 0.275. The van der Waals surface area contributed by atoms with E-state index in [1.165, 1.54) is 6.20 Å². The van der Waals surface area contributed by atoms with Crippen molar-refractivity contribution in [2.75, 3.05) is 5.32 Å². The van der Waals surface area contributed by atoms with E-state index in [9.17, 15) is 4.79 Å². The molecule has 2 rings (SSSR count). The van der Waals surface area contributed by atoms with E-state index >= 15 is 0 Å². The number of hydrogen-bond acceptors (Lipinski definition) is 3. The number of anilines is 1. The van der Waals surface area contributed by atoms with Crippen molar-refractivity contribution in [3.63, 3.8) is 0 Å². The van der Waals surface area contributed by atoms with E-state index < -0.39 is 0 Å². The van der Waals surface area contributed by atoms with E-state index in [2.05, 4.69) is 10.5 Å². The zero-order valence-electron chi connectivity index (χ0n) is 10.4. The molecule has 0 atom stereocenters. The Balaban J connectivity index is 2.31. The number of carbonyl (C=O) groups is 1. The molecule has 0 aliphatic heterocycles. The van der Waals surface area contributed by atoms with Crippen LogP contribution in [0.1, 0.15) is 27.2 Å². The number of benzene rings is 1. The SMILES string of the molecule is Cc1cc(C)c(NC(=O)c2cnoc2C)c(Cl)c1. The highest BCUT2D eigenvalue weighted by molar-refractivity contribution is 6.34. The Morgan fingerprint density at radius 1 is 1.33 bits per heavy atom. The first kappa shape index (κ1) is 12.6. The van der Waals surface area contributed by atoms with Crippen molar-refractivity contribution in [3.8, 4) is 0 Å². The van der Waals surface area contributed by atoms with Crippen molar-refractivity contribution in [1.82, 2.24) is 5.16 Å². The highest BCUT2D eigenvalue weighted by Gasteiger charge is 2.15. The van der Waals surface area contributed by atoms with Gasteiger partial charge >= 0.3 is 0 Å². The van der Waals surface area contributed by atoms with Gasteiger partial charge in [0.2, 0.25) is 0 Å². The van der Waals surface area contributed by atoms with Crippen LogP contribution in [-0.2, 0) is 0 Å². The number of halogens is 1. The molecular weight excluding hydrogens is 252 g/mol. The maximum absolute atomic E-state index is 12.0. The molecular formula is C13H13ClN2O2. The van der Waals surface area contributed by atoms with Crippen LogP contribution in [0, 0.1) is 20.8 Å². The van der Waals surface area contributed by atoms with Crippen LogP contribution in [-0.4, -0.2) is 11.1 Å². The molecule has 0 bridgehead atoms. The maximum Gasteiger partial charge on any atom is 0.260 e. The van der Waals surface area contributed by atoms with Crippen molar-refractivity contribution in [3.05, 3.63) is 45.8 Å². The fraction of sp³-hybridized carbons (Fsp3) is 0.231. The van der Waals surface area contributed by atoms with Crippen molar-refractivity contribution in [2.45, 2.75) is 20.8 Å². The first-order chi connectivity index (χ1) is 8.49. The molecule has 0 saturated carbocycles. The fourth-order valence-corrected chi connectivity index (χ4v) is 2.14. The molecule has 1 heterocycles. The standard InChI is InChI=1S/C13H13ClN2O2/c1-7-4-8(2)12(11(14)5-7)16-13(17)10-6-15-18-9(10)3/h4-6H,1-3H3,(H,16,17). The van der Waals surface area contributed by atoms with Crippen LogP contribution in [0.5, 0.6) is 0 Å². The van der Waals surface area contributed by atoms with Gasteiger partial charge in [0, 0.05) is 0 Å². The summed E-state index contributed by atoms with van der Waals surface area (Å²) < 4.78 is 4.86. The average molecular weight is 265 g/mol. The number of hydrogen-bond donors (Lipinski definition) is 1. The molecule has 0 radical (unpaired) electrons. The van der Waals surface area contributed by atoms with E-state index in [0.717, 1.165) is 11.1 Å². The molecule has 0 aliphatic rings.